The molecule has 1 aliphatic rings. The van der Waals surface area contributed by atoms with Gasteiger partial charge in [0.2, 0.25) is 0 Å². The highest BCUT2D eigenvalue weighted by Crippen LogP contribution is 2.17. The number of esters is 1. The molecule has 1 saturated carbocycles. The van der Waals surface area contributed by atoms with Crippen LogP contribution in [0.3, 0.4) is 0 Å². The lowest BCUT2D eigenvalue weighted by molar-refractivity contribution is -0.147. The standard InChI is InChI=1S/C13H25NO5S/c1-2-6-13(15)19-12(10-20(16,17)18)9-14-11-7-4-3-5-8-11/h11-12,14H,2-10H2,1H3,(H,16,17,18). The first kappa shape index (κ1) is 17.4. The molecule has 1 atom stereocenters. The molecule has 118 valence electrons. The Balaban J connectivity index is 2.46. The fraction of sp³-hybridized carbons (Fsp3) is 0.923. The summed E-state index contributed by atoms with van der Waals surface area (Å²) in [6.45, 7) is 2.11. The van der Waals surface area contributed by atoms with Gasteiger partial charge in [-0.15, -0.1) is 0 Å². The van der Waals surface area contributed by atoms with Crippen LogP contribution in [0.15, 0.2) is 0 Å². The fourth-order valence-electron chi connectivity index (χ4n) is 2.42. The molecule has 7 heteroatoms. The van der Waals surface area contributed by atoms with E-state index in [1.165, 1.54) is 6.42 Å². The predicted molar refractivity (Wildman–Crippen MR) is 76.1 cm³/mol. The summed E-state index contributed by atoms with van der Waals surface area (Å²) in [6.07, 6.45) is 5.75. The lowest BCUT2D eigenvalue weighted by Gasteiger charge is -2.25. The van der Waals surface area contributed by atoms with Gasteiger partial charge < -0.3 is 10.1 Å². The summed E-state index contributed by atoms with van der Waals surface area (Å²) in [5, 5.41) is 3.24. The molecule has 1 aliphatic carbocycles. The van der Waals surface area contributed by atoms with Gasteiger partial charge >= 0.3 is 5.97 Å². The van der Waals surface area contributed by atoms with Crippen molar-refractivity contribution in [2.24, 2.45) is 0 Å². The van der Waals surface area contributed by atoms with Crippen LogP contribution in [0.4, 0.5) is 0 Å². The van der Waals surface area contributed by atoms with Crippen molar-refractivity contribution in [3.63, 3.8) is 0 Å². The second kappa shape index (κ2) is 8.59. The van der Waals surface area contributed by atoms with Crippen LogP contribution in [0, 0.1) is 0 Å². The average molecular weight is 307 g/mol. The molecule has 2 N–H and O–H groups in total. The zero-order valence-corrected chi connectivity index (χ0v) is 12.8. The number of carbonyl (C=O) groups excluding carboxylic acids is 1. The Hall–Kier alpha value is -0.660. The highest BCUT2D eigenvalue weighted by atomic mass is 32.2. The lowest BCUT2D eigenvalue weighted by Crippen LogP contribution is -2.41. The Labute approximate surface area is 121 Å². The topological polar surface area (TPSA) is 92.7 Å². The molecule has 0 heterocycles. The third-order valence-corrected chi connectivity index (χ3v) is 4.18. The van der Waals surface area contributed by atoms with E-state index >= 15 is 0 Å². The maximum Gasteiger partial charge on any atom is 0.306 e. The molecule has 0 spiro atoms. The van der Waals surface area contributed by atoms with Crippen LogP contribution in [-0.2, 0) is 19.6 Å². The summed E-state index contributed by atoms with van der Waals surface area (Å²) >= 11 is 0. The van der Waals surface area contributed by atoms with Crippen molar-refractivity contribution in [1.29, 1.82) is 0 Å². The largest absolute Gasteiger partial charge is 0.460 e. The predicted octanol–water partition coefficient (Wildman–Crippen LogP) is 1.51. The molecule has 0 radical (unpaired) electrons. The molecule has 0 amide bonds. The second-order valence-corrected chi connectivity index (χ2v) is 6.85. The van der Waals surface area contributed by atoms with Crippen molar-refractivity contribution in [1.82, 2.24) is 5.32 Å². The summed E-state index contributed by atoms with van der Waals surface area (Å²) < 4.78 is 36.0. The molecule has 0 aromatic heterocycles. The minimum absolute atomic E-state index is 0.255. The third kappa shape index (κ3) is 7.81. The summed E-state index contributed by atoms with van der Waals surface area (Å²) in [4.78, 5) is 11.5. The van der Waals surface area contributed by atoms with Crippen LogP contribution in [0.2, 0.25) is 0 Å². The molecular formula is C13H25NO5S. The van der Waals surface area contributed by atoms with E-state index in [0.29, 0.717) is 12.5 Å². The Bertz CT molecular complexity index is 390. The monoisotopic (exact) mass is 307 g/mol. The smallest absolute Gasteiger partial charge is 0.306 e. The van der Waals surface area contributed by atoms with Crippen LogP contribution in [0.1, 0.15) is 51.9 Å². The van der Waals surface area contributed by atoms with Crippen LogP contribution < -0.4 is 5.32 Å². The van der Waals surface area contributed by atoms with E-state index in [-0.39, 0.29) is 13.0 Å². The van der Waals surface area contributed by atoms with Crippen molar-refractivity contribution in [3.8, 4) is 0 Å². The van der Waals surface area contributed by atoms with Crippen molar-refractivity contribution < 1.29 is 22.5 Å². The molecule has 0 aromatic rings. The third-order valence-electron chi connectivity index (χ3n) is 3.39. The quantitative estimate of drug-likeness (QED) is 0.521. The molecule has 1 fully saturated rings. The van der Waals surface area contributed by atoms with E-state index in [2.05, 4.69) is 5.32 Å². The van der Waals surface area contributed by atoms with E-state index in [1.807, 2.05) is 6.92 Å². The number of nitrogens with one attached hydrogen (secondary N) is 1. The SMILES string of the molecule is CCCC(=O)OC(CNC1CCCCC1)CS(=O)(=O)O. The summed E-state index contributed by atoms with van der Waals surface area (Å²) in [7, 11) is -4.15. The Morgan fingerprint density at radius 3 is 2.55 bits per heavy atom. The summed E-state index contributed by atoms with van der Waals surface area (Å²) in [5.41, 5.74) is 0. The van der Waals surface area contributed by atoms with Gasteiger partial charge in [-0.1, -0.05) is 26.2 Å². The molecule has 20 heavy (non-hydrogen) atoms. The van der Waals surface area contributed by atoms with E-state index in [0.717, 1.165) is 25.7 Å². The van der Waals surface area contributed by atoms with Crippen LogP contribution in [0.25, 0.3) is 0 Å². The van der Waals surface area contributed by atoms with Crippen LogP contribution >= 0.6 is 0 Å². The number of ether oxygens (including phenoxy) is 1. The normalized spacial score (nSPS) is 18.7. The first-order valence-electron chi connectivity index (χ1n) is 7.28. The van der Waals surface area contributed by atoms with Gasteiger partial charge in [0, 0.05) is 19.0 Å². The van der Waals surface area contributed by atoms with Gasteiger partial charge in [0.15, 0.2) is 0 Å². The molecule has 0 bridgehead atoms. The van der Waals surface area contributed by atoms with Crippen molar-refractivity contribution in [2.45, 2.75) is 64.0 Å². The van der Waals surface area contributed by atoms with Crippen LogP contribution in [-0.4, -0.2) is 43.4 Å². The number of hydrogen-bond acceptors (Lipinski definition) is 5. The highest BCUT2D eigenvalue weighted by Gasteiger charge is 2.22. The Morgan fingerprint density at radius 1 is 1.35 bits per heavy atom. The van der Waals surface area contributed by atoms with Gasteiger partial charge in [0.05, 0.1) is 0 Å². The van der Waals surface area contributed by atoms with Gasteiger partial charge in [0.25, 0.3) is 10.1 Å². The zero-order chi connectivity index (χ0) is 15.0. The fourth-order valence-corrected chi connectivity index (χ4v) is 3.08. The minimum Gasteiger partial charge on any atom is -0.460 e. The first-order valence-corrected chi connectivity index (χ1v) is 8.89. The van der Waals surface area contributed by atoms with Crippen molar-refractivity contribution in [3.05, 3.63) is 0 Å². The molecule has 0 aromatic carbocycles. The van der Waals surface area contributed by atoms with E-state index in [4.69, 9.17) is 9.29 Å². The zero-order valence-electron chi connectivity index (χ0n) is 12.0. The molecule has 0 aliphatic heterocycles. The maximum absolute atomic E-state index is 11.5. The number of carbonyl (C=O) groups is 1. The van der Waals surface area contributed by atoms with Crippen LogP contribution in [0.5, 0.6) is 0 Å². The maximum atomic E-state index is 11.5. The Morgan fingerprint density at radius 2 is 2.00 bits per heavy atom. The second-order valence-electron chi connectivity index (χ2n) is 5.35. The van der Waals surface area contributed by atoms with E-state index in [9.17, 15) is 13.2 Å². The van der Waals surface area contributed by atoms with E-state index < -0.39 is 27.9 Å². The molecule has 6 nitrogen and oxygen atoms in total. The molecule has 1 unspecified atom stereocenters. The Kier molecular flexibility index (Phi) is 7.47. The van der Waals surface area contributed by atoms with Gasteiger partial charge in [0.1, 0.15) is 11.9 Å². The lowest BCUT2D eigenvalue weighted by atomic mass is 9.95. The summed E-state index contributed by atoms with van der Waals surface area (Å²) in [6, 6.07) is 0.345. The minimum atomic E-state index is -4.15. The van der Waals surface area contributed by atoms with Gasteiger partial charge in [-0.3, -0.25) is 9.35 Å². The van der Waals surface area contributed by atoms with Gasteiger partial charge in [-0.05, 0) is 19.3 Å². The molecular weight excluding hydrogens is 282 g/mol. The van der Waals surface area contributed by atoms with E-state index in [1.54, 1.807) is 0 Å². The number of rotatable bonds is 8. The average Bonchev–Trinajstić information content (AvgIpc) is 2.36. The van der Waals surface area contributed by atoms with Crippen molar-refractivity contribution in [2.75, 3.05) is 12.3 Å². The van der Waals surface area contributed by atoms with Gasteiger partial charge in [-0.25, -0.2) is 0 Å². The van der Waals surface area contributed by atoms with Crippen molar-refractivity contribution >= 4 is 16.1 Å². The number of hydrogen-bond donors (Lipinski definition) is 2. The first-order chi connectivity index (χ1) is 9.40. The molecule has 0 saturated heterocycles. The molecule has 1 rings (SSSR count). The summed E-state index contributed by atoms with van der Waals surface area (Å²) in [5.74, 6) is -0.978. The van der Waals surface area contributed by atoms with Gasteiger partial charge in [-0.2, -0.15) is 8.42 Å². The highest BCUT2D eigenvalue weighted by molar-refractivity contribution is 7.85.